The average Bonchev–Trinajstić information content (AvgIpc) is 3.09. The van der Waals surface area contributed by atoms with Gasteiger partial charge in [0.15, 0.2) is 11.6 Å². The Morgan fingerprint density at radius 3 is 2.62 bits per heavy atom. The van der Waals surface area contributed by atoms with E-state index in [4.69, 9.17) is 0 Å². The van der Waals surface area contributed by atoms with Gasteiger partial charge in [-0.05, 0) is 29.9 Å². The fraction of sp³-hybridized carbons (Fsp3) is 0.444. The molecule has 2 aliphatic carbocycles. The van der Waals surface area contributed by atoms with E-state index in [1.165, 1.54) is 6.08 Å². The van der Waals surface area contributed by atoms with Crippen molar-refractivity contribution in [1.82, 2.24) is 10.2 Å². The highest BCUT2D eigenvalue weighted by molar-refractivity contribution is 6.01. The quantitative estimate of drug-likeness (QED) is 0.704. The lowest BCUT2D eigenvalue weighted by molar-refractivity contribution is -0.142. The van der Waals surface area contributed by atoms with Gasteiger partial charge in [0.2, 0.25) is 0 Å². The molecule has 0 saturated heterocycles. The fourth-order valence-corrected chi connectivity index (χ4v) is 4.11. The minimum Gasteiger partial charge on any atom is -0.342 e. The number of nitrogens with zero attached hydrogens (tertiary/aromatic N) is 1. The molecule has 8 heteroatoms. The standard InChI is InChI=1S/C18H17F4N3O/c1-17(2)6-10-13(11(26)7-17)12(8-4-3-5-9(8)19)14-15(18(20,21)22)24-25-16(14)23-10/h3,5,12H,4,6-7H2,1-2H3,(H2,23,24,25). The summed E-state index contributed by atoms with van der Waals surface area (Å²) in [5.74, 6) is -1.89. The minimum absolute atomic E-state index is 0.0128. The Kier molecular flexibility index (Phi) is 3.48. The number of aromatic nitrogens is 2. The first-order valence-corrected chi connectivity index (χ1v) is 8.32. The molecule has 1 aliphatic heterocycles. The summed E-state index contributed by atoms with van der Waals surface area (Å²) in [5, 5.41) is 8.69. The Bertz CT molecular complexity index is 902. The van der Waals surface area contributed by atoms with Crippen LogP contribution in [-0.4, -0.2) is 16.0 Å². The van der Waals surface area contributed by atoms with E-state index in [0.717, 1.165) is 0 Å². The zero-order valence-electron chi connectivity index (χ0n) is 14.2. The molecular weight excluding hydrogens is 350 g/mol. The number of fused-ring (bicyclic) bond motifs is 1. The van der Waals surface area contributed by atoms with E-state index in [1.54, 1.807) is 6.08 Å². The normalized spacial score (nSPS) is 24.7. The molecule has 0 saturated carbocycles. The Labute approximate surface area is 147 Å². The second-order valence-corrected chi connectivity index (χ2v) is 7.73. The van der Waals surface area contributed by atoms with Crippen molar-refractivity contribution in [2.75, 3.05) is 5.32 Å². The number of halogens is 4. The molecule has 4 rings (SSSR count). The lowest BCUT2D eigenvalue weighted by Crippen LogP contribution is -2.34. The Morgan fingerprint density at radius 2 is 2.00 bits per heavy atom. The fourth-order valence-electron chi connectivity index (χ4n) is 4.11. The van der Waals surface area contributed by atoms with Gasteiger partial charge in [-0.2, -0.15) is 18.3 Å². The van der Waals surface area contributed by atoms with Gasteiger partial charge in [-0.1, -0.05) is 19.9 Å². The highest BCUT2D eigenvalue weighted by Crippen LogP contribution is 2.53. The van der Waals surface area contributed by atoms with Gasteiger partial charge >= 0.3 is 6.18 Å². The van der Waals surface area contributed by atoms with Crippen LogP contribution in [0.2, 0.25) is 0 Å². The SMILES string of the molecule is CC1(C)CC(=O)C2=C(C1)Nc1n[nH]c(C(F)(F)F)c1C2C1=C(F)C=CC1. The number of allylic oxidation sites excluding steroid dienone is 6. The van der Waals surface area contributed by atoms with Crippen molar-refractivity contribution in [1.29, 1.82) is 0 Å². The van der Waals surface area contributed by atoms with E-state index in [2.05, 4.69) is 10.4 Å². The van der Waals surface area contributed by atoms with Gasteiger partial charge in [-0.15, -0.1) is 0 Å². The Hall–Kier alpha value is -2.38. The van der Waals surface area contributed by atoms with Gasteiger partial charge < -0.3 is 5.32 Å². The molecule has 0 radical (unpaired) electrons. The van der Waals surface area contributed by atoms with Crippen LogP contribution in [0.5, 0.6) is 0 Å². The lowest BCUT2D eigenvalue weighted by atomic mass is 9.68. The molecule has 0 aromatic carbocycles. The van der Waals surface area contributed by atoms with Crippen LogP contribution in [0, 0.1) is 5.41 Å². The summed E-state index contributed by atoms with van der Waals surface area (Å²) in [6, 6.07) is 0. The first-order chi connectivity index (χ1) is 12.1. The van der Waals surface area contributed by atoms with Gasteiger partial charge in [0.05, 0.1) is 0 Å². The predicted molar refractivity (Wildman–Crippen MR) is 86.9 cm³/mol. The monoisotopic (exact) mass is 367 g/mol. The molecule has 138 valence electrons. The van der Waals surface area contributed by atoms with Crippen molar-refractivity contribution >= 4 is 11.6 Å². The maximum absolute atomic E-state index is 14.4. The number of H-pyrrole nitrogens is 1. The van der Waals surface area contributed by atoms with E-state index in [1.807, 2.05) is 18.9 Å². The molecule has 1 atom stereocenters. The molecule has 1 aromatic heterocycles. The van der Waals surface area contributed by atoms with Gasteiger partial charge in [0, 0.05) is 29.2 Å². The zero-order chi connectivity index (χ0) is 18.9. The minimum atomic E-state index is -4.68. The third-order valence-electron chi connectivity index (χ3n) is 5.11. The lowest BCUT2D eigenvalue weighted by Gasteiger charge is -2.38. The Morgan fingerprint density at radius 1 is 1.27 bits per heavy atom. The largest absolute Gasteiger partial charge is 0.433 e. The van der Waals surface area contributed by atoms with E-state index in [0.29, 0.717) is 12.1 Å². The van der Waals surface area contributed by atoms with E-state index < -0.39 is 23.6 Å². The van der Waals surface area contributed by atoms with Gasteiger partial charge in [0.25, 0.3) is 0 Å². The van der Waals surface area contributed by atoms with Crippen LogP contribution in [0.1, 0.15) is 50.3 Å². The third kappa shape index (κ3) is 2.50. The van der Waals surface area contributed by atoms with Gasteiger partial charge in [0.1, 0.15) is 11.5 Å². The van der Waals surface area contributed by atoms with Crippen LogP contribution in [0.4, 0.5) is 23.4 Å². The van der Waals surface area contributed by atoms with Crippen molar-refractivity contribution in [3.63, 3.8) is 0 Å². The molecule has 26 heavy (non-hydrogen) atoms. The summed E-state index contributed by atoms with van der Waals surface area (Å²) in [5.41, 5.74) is -0.608. The molecule has 0 fully saturated rings. The molecule has 4 nitrogen and oxygen atoms in total. The van der Waals surface area contributed by atoms with Crippen molar-refractivity contribution in [2.45, 2.75) is 45.2 Å². The molecule has 2 heterocycles. The number of anilines is 1. The van der Waals surface area contributed by atoms with Crippen LogP contribution in [0.3, 0.4) is 0 Å². The summed E-state index contributed by atoms with van der Waals surface area (Å²) < 4.78 is 54.8. The average molecular weight is 367 g/mol. The first-order valence-electron chi connectivity index (χ1n) is 8.32. The van der Waals surface area contributed by atoms with Crippen LogP contribution in [0.15, 0.2) is 34.8 Å². The number of rotatable bonds is 1. The van der Waals surface area contributed by atoms with Crippen LogP contribution >= 0.6 is 0 Å². The van der Waals surface area contributed by atoms with E-state index >= 15 is 0 Å². The van der Waals surface area contributed by atoms with Crippen molar-refractivity contribution in [2.24, 2.45) is 5.41 Å². The summed E-state index contributed by atoms with van der Waals surface area (Å²) in [6.07, 6.45) is -1.02. The van der Waals surface area contributed by atoms with Crippen molar-refractivity contribution < 1.29 is 22.4 Å². The second-order valence-electron chi connectivity index (χ2n) is 7.73. The van der Waals surface area contributed by atoms with Crippen LogP contribution in [-0.2, 0) is 11.0 Å². The van der Waals surface area contributed by atoms with Gasteiger partial charge in [-0.25, -0.2) is 4.39 Å². The van der Waals surface area contributed by atoms with E-state index in [-0.39, 0.29) is 46.6 Å². The number of hydrogen-bond donors (Lipinski definition) is 2. The topological polar surface area (TPSA) is 57.8 Å². The number of Topliss-reactive ketones (excluding diaryl/α,β-unsaturated/α-hetero) is 1. The third-order valence-corrected chi connectivity index (χ3v) is 5.11. The number of carbonyl (C=O) groups is 1. The summed E-state index contributed by atoms with van der Waals surface area (Å²) >= 11 is 0. The number of aromatic amines is 1. The zero-order valence-corrected chi connectivity index (χ0v) is 14.2. The smallest absolute Gasteiger partial charge is 0.342 e. The molecular formula is C18H17F4N3O. The number of hydrogen-bond acceptors (Lipinski definition) is 3. The van der Waals surface area contributed by atoms with Crippen molar-refractivity contribution in [3.05, 3.63) is 46.1 Å². The summed E-state index contributed by atoms with van der Waals surface area (Å²) in [4.78, 5) is 12.8. The van der Waals surface area contributed by atoms with Crippen molar-refractivity contribution in [3.8, 4) is 0 Å². The molecule has 1 aromatic rings. The molecule has 1 unspecified atom stereocenters. The second kappa shape index (κ2) is 5.31. The van der Waals surface area contributed by atoms with Crippen LogP contribution in [0.25, 0.3) is 0 Å². The molecule has 0 bridgehead atoms. The summed E-state index contributed by atoms with van der Waals surface area (Å²) in [6.45, 7) is 3.84. The number of nitrogens with one attached hydrogen (secondary N) is 2. The molecule has 3 aliphatic rings. The highest BCUT2D eigenvalue weighted by atomic mass is 19.4. The Balaban J connectivity index is 1.95. The maximum Gasteiger partial charge on any atom is 0.433 e. The summed E-state index contributed by atoms with van der Waals surface area (Å²) in [7, 11) is 0. The number of carbonyl (C=O) groups excluding carboxylic acids is 1. The molecule has 0 amide bonds. The molecule has 2 N–H and O–H groups in total. The number of alkyl halides is 3. The predicted octanol–water partition coefficient (Wildman–Crippen LogP) is 4.76. The maximum atomic E-state index is 14.4. The molecule has 0 spiro atoms. The van der Waals surface area contributed by atoms with E-state index in [9.17, 15) is 22.4 Å². The van der Waals surface area contributed by atoms with Crippen LogP contribution < -0.4 is 5.32 Å². The van der Waals surface area contributed by atoms with Gasteiger partial charge in [-0.3, -0.25) is 9.89 Å². The number of ketones is 1. The highest BCUT2D eigenvalue weighted by Gasteiger charge is 2.48. The first kappa shape index (κ1) is 17.1.